The molecule has 0 saturated heterocycles. The molecule has 0 aliphatic rings. The second kappa shape index (κ2) is 7.22. The third kappa shape index (κ3) is 4.29. The number of hydrogen-bond acceptors (Lipinski definition) is 5. The minimum absolute atomic E-state index is 0.762. The summed E-state index contributed by atoms with van der Waals surface area (Å²) < 4.78 is 0. The highest BCUT2D eigenvalue weighted by atomic mass is 35.5. The third-order valence-corrected chi connectivity index (χ3v) is 5.03. The first-order valence-electron chi connectivity index (χ1n) is 6.78. The molecule has 0 saturated carbocycles. The zero-order chi connectivity index (χ0) is 15.4. The van der Waals surface area contributed by atoms with Crippen molar-refractivity contribution in [3.63, 3.8) is 0 Å². The summed E-state index contributed by atoms with van der Waals surface area (Å²) in [6, 6.07) is 7.91. The number of nitrogens with zero attached hydrogens (tertiary/aromatic N) is 3. The van der Waals surface area contributed by atoms with Gasteiger partial charge >= 0.3 is 0 Å². The Morgan fingerprint density at radius 1 is 1.14 bits per heavy atom. The van der Waals surface area contributed by atoms with Crippen LogP contribution in [0.25, 0.3) is 0 Å². The zero-order valence-electron chi connectivity index (χ0n) is 12.0. The van der Waals surface area contributed by atoms with Crippen molar-refractivity contribution in [1.29, 1.82) is 0 Å². The Morgan fingerprint density at radius 2 is 1.86 bits per heavy atom. The topological polar surface area (TPSA) is 38.7 Å². The van der Waals surface area contributed by atoms with Gasteiger partial charge in [-0.2, -0.15) is 0 Å². The van der Waals surface area contributed by atoms with Gasteiger partial charge in [-0.15, -0.1) is 11.3 Å². The Labute approximate surface area is 142 Å². The van der Waals surface area contributed by atoms with Crippen molar-refractivity contribution in [2.75, 3.05) is 0 Å². The van der Waals surface area contributed by atoms with E-state index in [9.17, 15) is 0 Å². The lowest BCUT2D eigenvalue weighted by atomic mass is 10.2. The molecule has 0 amide bonds. The molecule has 22 heavy (non-hydrogen) atoms. The fourth-order valence-corrected chi connectivity index (χ4v) is 3.61. The van der Waals surface area contributed by atoms with E-state index in [1.54, 1.807) is 23.1 Å². The molecular formula is C16H14ClN3S2. The average Bonchev–Trinajstić information content (AvgIpc) is 2.97. The van der Waals surface area contributed by atoms with Crippen molar-refractivity contribution in [3.8, 4) is 0 Å². The Hall–Kier alpha value is -1.43. The van der Waals surface area contributed by atoms with Crippen LogP contribution in [0.3, 0.4) is 0 Å². The molecule has 2 aromatic heterocycles. The van der Waals surface area contributed by atoms with Crippen molar-refractivity contribution < 1.29 is 0 Å². The number of benzene rings is 1. The van der Waals surface area contributed by atoms with Gasteiger partial charge in [0.2, 0.25) is 0 Å². The Kier molecular flexibility index (Phi) is 5.08. The van der Waals surface area contributed by atoms with E-state index in [1.807, 2.05) is 43.6 Å². The lowest BCUT2D eigenvalue weighted by Gasteiger charge is -1.99. The van der Waals surface area contributed by atoms with Crippen LogP contribution < -0.4 is 0 Å². The Balaban J connectivity index is 1.59. The number of halogens is 1. The van der Waals surface area contributed by atoms with Gasteiger partial charge in [0.1, 0.15) is 0 Å². The molecule has 6 heteroatoms. The average molecular weight is 348 g/mol. The second-order valence-electron chi connectivity index (χ2n) is 4.87. The highest BCUT2D eigenvalue weighted by Gasteiger charge is 2.05. The van der Waals surface area contributed by atoms with Crippen LogP contribution >= 0.6 is 34.7 Å². The number of aryl methyl sites for hydroxylation is 1. The lowest BCUT2D eigenvalue weighted by molar-refractivity contribution is 0.948. The maximum atomic E-state index is 5.90. The van der Waals surface area contributed by atoms with E-state index in [-0.39, 0.29) is 0 Å². The summed E-state index contributed by atoms with van der Waals surface area (Å²) in [5.74, 6) is 0.792. The molecule has 1 aromatic carbocycles. The predicted molar refractivity (Wildman–Crippen MR) is 92.7 cm³/mol. The summed E-state index contributed by atoms with van der Waals surface area (Å²) >= 11 is 9.20. The SMILES string of the molecule is Cc1cnc(SCc2csc(Cc3ccc(Cl)cc3)n2)nc1. The van der Waals surface area contributed by atoms with Gasteiger partial charge in [-0.1, -0.05) is 35.5 Å². The molecule has 0 aliphatic heterocycles. The fourth-order valence-electron chi connectivity index (χ4n) is 1.87. The van der Waals surface area contributed by atoms with E-state index >= 15 is 0 Å². The normalized spacial score (nSPS) is 10.8. The van der Waals surface area contributed by atoms with Crippen LogP contribution in [0.2, 0.25) is 5.02 Å². The maximum absolute atomic E-state index is 5.90. The number of aromatic nitrogens is 3. The van der Waals surface area contributed by atoms with Crippen LogP contribution in [0.5, 0.6) is 0 Å². The molecule has 0 spiro atoms. The molecule has 0 aliphatic carbocycles. The predicted octanol–water partition coefficient (Wildman–Crippen LogP) is 4.78. The van der Waals surface area contributed by atoms with E-state index in [1.165, 1.54) is 5.56 Å². The minimum atomic E-state index is 0.762. The Bertz CT molecular complexity index is 739. The van der Waals surface area contributed by atoms with Gasteiger partial charge in [0.05, 0.1) is 10.7 Å². The van der Waals surface area contributed by atoms with Gasteiger partial charge in [-0.05, 0) is 30.2 Å². The van der Waals surface area contributed by atoms with Gasteiger partial charge in [0.15, 0.2) is 5.16 Å². The second-order valence-corrected chi connectivity index (χ2v) is 7.19. The van der Waals surface area contributed by atoms with Crippen molar-refractivity contribution in [3.05, 3.63) is 68.9 Å². The molecule has 2 heterocycles. The maximum Gasteiger partial charge on any atom is 0.187 e. The van der Waals surface area contributed by atoms with Crippen LogP contribution in [0.4, 0.5) is 0 Å². The van der Waals surface area contributed by atoms with Crippen molar-refractivity contribution >= 4 is 34.7 Å². The van der Waals surface area contributed by atoms with E-state index in [0.29, 0.717) is 0 Å². The zero-order valence-corrected chi connectivity index (χ0v) is 14.4. The number of thioether (sulfide) groups is 1. The molecule has 0 radical (unpaired) electrons. The monoisotopic (exact) mass is 347 g/mol. The first-order chi connectivity index (χ1) is 10.7. The van der Waals surface area contributed by atoms with Crippen LogP contribution in [0, 0.1) is 6.92 Å². The Morgan fingerprint density at radius 3 is 2.59 bits per heavy atom. The van der Waals surface area contributed by atoms with Gasteiger partial charge in [-0.3, -0.25) is 0 Å². The molecule has 0 N–H and O–H groups in total. The molecule has 0 fully saturated rings. The van der Waals surface area contributed by atoms with E-state index in [2.05, 4.69) is 20.3 Å². The highest BCUT2D eigenvalue weighted by molar-refractivity contribution is 7.98. The van der Waals surface area contributed by atoms with Crippen LogP contribution in [0.1, 0.15) is 21.8 Å². The minimum Gasteiger partial charge on any atom is -0.245 e. The molecule has 3 nitrogen and oxygen atoms in total. The molecule has 112 valence electrons. The standard InChI is InChI=1S/C16H14ClN3S2/c1-11-7-18-16(19-8-11)22-10-14-9-21-15(20-14)6-12-2-4-13(17)5-3-12/h2-5,7-9H,6,10H2,1H3. The van der Waals surface area contributed by atoms with Crippen LogP contribution in [0.15, 0.2) is 47.2 Å². The van der Waals surface area contributed by atoms with Crippen molar-refractivity contribution in [1.82, 2.24) is 15.0 Å². The van der Waals surface area contributed by atoms with Crippen molar-refractivity contribution in [2.45, 2.75) is 24.3 Å². The molecule has 0 bridgehead atoms. The third-order valence-electron chi connectivity index (χ3n) is 2.97. The summed E-state index contributed by atoms with van der Waals surface area (Å²) in [5, 5.41) is 4.77. The van der Waals surface area contributed by atoms with Gasteiger partial charge < -0.3 is 0 Å². The largest absolute Gasteiger partial charge is 0.245 e. The van der Waals surface area contributed by atoms with Gasteiger partial charge in [0.25, 0.3) is 0 Å². The summed E-state index contributed by atoms with van der Waals surface area (Å²) in [7, 11) is 0. The molecule has 3 aromatic rings. The quantitative estimate of drug-likeness (QED) is 0.492. The molecule has 0 atom stereocenters. The first kappa shape index (κ1) is 15.5. The van der Waals surface area contributed by atoms with E-state index in [0.717, 1.165) is 38.6 Å². The summed E-state index contributed by atoms with van der Waals surface area (Å²) in [6.07, 6.45) is 4.51. The highest BCUT2D eigenvalue weighted by Crippen LogP contribution is 2.22. The number of hydrogen-bond donors (Lipinski definition) is 0. The summed E-state index contributed by atoms with van der Waals surface area (Å²) in [5.41, 5.74) is 3.37. The molecule has 0 unspecified atom stereocenters. The van der Waals surface area contributed by atoms with Gasteiger partial charge in [0, 0.05) is 35.0 Å². The molecular weight excluding hydrogens is 334 g/mol. The summed E-state index contributed by atoms with van der Waals surface area (Å²) in [6.45, 7) is 1.98. The van der Waals surface area contributed by atoms with Crippen molar-refractivity contribution in [2.24, 2.45) is 0 Å². The lowest BCUT2D eigenvalue weighted by Crippen LogP contribution is -1.90. The fraction of sp³-hybridized carbons (Fsp3) is 0.188. The molecule has 3 rings (SSSR count). The van der Waals surface area contributed by atoms with E-state index in [4.69, 9.17) is 11.6 Å². The van der Waals surface area contributed by atoms with Crippen LogP contribution in [-0.4, -0.2) is 15.0 Å². The number of rotatable bonds is 5. The smallest absolute Gasteiger partial charge is 0.187 e. The first-order valence-corrected chi connectivity index (χ1v) is 9.02. The summed E-state index contributed by atoms with van der Waals surface area (Å²) in [4.78, 5) is 13.3. The van der Waals surface area contributed by atoms with Crippen LogP contribution in [-0.2, 0) is 12.2 Å². The van der Waals surface area contributed by atoms with E-state index < -0.39 is 0 Å². The number of thiazole rings is 1. The van der Waals surface area contributed by atoms with Gasteiger partial charge in [-0.25, -0.2) is 15.0 Å².